The second-order valence-electron chi connectivity index (χ2n) is 14.5. The van der Waals surface area contributed by atoms with Crippen LogP contribution in [-0.4, -0.2) is 9.97 Å². The van der Waals surface area contributed by atoms with E-state index in [1.54, 1.807) is 0 Å². The number of hydrogen-bond acceptors (Lipinski definition) is 3. The van der Waals surface area contributed by atoms with Crippen molar-refractivity contribution in [3.05, 3.63) is 206 Å². The van der Waals surface area contributed by atoms with Gasteiger partial charge in [-0.1, -0.05) is 176 Å². The predicted molar refractivity (Wildman–Crippen MR) is 243 cm³/mol. The standard InChI is InChI=1S/C54H34N2S/c1-3-15-35(16-4-1)43-29-30-47(46-23-10-9-22-45(43)46)51-34-50(55-54(56-51)37-18-5-2-6-19-37)40-32-38(42-25-13-20-36-17-7-8-21-41(36)42)31-39(33-40)44-26-14-27-49-48-24-11-12-28-52(48)57-53(44)49/h1-34H. The van der Waals surface area contributed by atoms with Gasteiger partial charge in [0.15, 0.2) is 5.82 Å². The van der Waals surface area contributed by atoms with Crippen LogP contribution in [0.25, 0.3) is 109 Å². The van der Waals surface area contributed by atoms with Crippen molar-refractivity contribution in [2.45, 2.75) is 0 Å². The third-order valence-electron chi connectivity index (χ3n) is 11.1. The second kappa shape index (κ2) is 13.8. The molecule has 266 valence electrons. The minimum atomic E-state index is 0.697. The van der Waals surface area contributed by atoms with Crippen LogP contribution in [-0.2, 0) is 0 Å². The molecule has 0 aliphatic carbocycles. The molecule has 11 rings (SSSR count). The number of rotatable bonds is 6. The smallest absolute Gasteiger partial charge is 0.160 e. The van der Waals surface area contributed by atoms with Crippen molar-refractivity contribution in [2.24, 2.45) is 0 Å². The summed E-state index contributed by atoms with van der Waals surface area (Å²) in [5.74, 6) is 0.697. The molecule has 0 radical (unpaired) electrons. The van der Waals surface area contributed by atoms with E-state index in [-0.39, 0.29) is 0 Å². The molecule has 2 nitrogen and oxygen atoms in total. The first-order valence-electron chi connectivity index (χ1n) is 19.3. The van der Waals surface area contributed by atoms with Crippen LogP contribution in [0.15, 0.2) is 206 Å². The molecule has 3 heteroatoms. The van der Waals surface area contributed by atoms with Crippen LogP contribution in [0.4, 0.5) is 0 Å². The lowest BCUT2D eigenvalue weighted by molar-refractivity contribution is 1.18. The lowest BCUT2D eigenvalue weighted by Crippen LogP contribution is -1.97. The quantitative estimate of drug-likeness (QED) is 0.170. The van der Waals surface area contributed by atoms with Crippen LogP contribution < -0.4 is 0 Å². The number of fused-ring (bicyclic) bond motifs is 5. The largest absolute Gasteiger partial charge is 0.228 e. The van der Waals surface area contributed by atoms with Crippen LogP contribution in [0, 0.1) is 0 Å². The summed E-state index contributed by atoms with van der Waals surface area (Å²) in [4.78, 5) is 10.7. The summed E-state index contributed by atoms with van der Waals surface area (Å²) in [7, 11) is 0. The molecule has 0 saturated carbocycles. The van der Waals surface area contributed by atoms with Crippen LogP contribution in [0.1, 0.15) is 0 Å². The molecule has 0 aliphatic rings. The van der Waals surface area contributed by atoms with Gasteiger partial charge in [-0.05, 0) is 85.3 Å². The Hall–Kier alpha value is -7.20. The van der Waals surface area contributed by atoms with Crippen molar-refractivity contribution in [1.82, 2.24) is 9.97 Å². The Morgan fingerprint density at radius 3 is 1.63 bits per heavy atom. The molecule has 0 unspecified atom stereocenters. The Bertz CT molecular complexity index is 3290. The molecule has 2 heterocycles. The zero-order valence-corrected chi connectivity index (χ0v) is 31.7. The topological polar surface area (TPSA) is 25.8 Å². The van der Waals surface area contributed by atoms with Gasteiger partial charge in [0.05, 0.1) is 11.4 Å². The van der Waals surface area contributed by atoms with Gasteiger partial charge in [0.25, 0.3) is 0 Å². The first kappa shape index (κ1) is 33.2. The van der Waals surface area contributed by atoms with Gasteiger partial charge >= 0.3 is 0 Å². The zero-order chi connectivity index (χ0) is 37.7. The molecule has 0 aliphatic heterocycles. The Kier molecular flexibility index (Phi) is 8.04. The van der Waals surface area contributed by atoms with Crippen molar-refractivity contribution in [2.75, 3.05) is 0 Å². The Balaban J connectivity index is 1.18. The molecule has 9 aromatic carbocycles. The molecule has 11 aromatic rings. The SMILES string of the molecule is c1ccc(-c2nc(-c3cc(-c4cccc5ccccc45)cc(-c4cccc5c4sc4ccccc45)c3)cc(-c3ccc(-c4ccccc4)c4ccccc34)n2)cc1. The summed E-state index contributed by atoms with van der Waals surface area (Å²) in [6.45, 7) is 0. The fourth-order valence-electron chi connectivity index (χ4n) is 8.38. The fraction of sp³-hybridized carbons (Fsp3) is 0. The number of thiophene rings is 1. The fourth-order valence-corrected chi connectivity index (χ4v) is 9.62. The van der Waals surface area contributed by atoms with Gasteiger partial charge in [-0.15, -0.1) is 11.3 Å². The summed E-state index contributed by atoms with van der Waals surface area (Å²) in [5.41, 5.74) is 12.0. The molecule has 57 heavy (non-hydrogen) atoms. The summed E-state index contributed by atoms with van der Waals surface area (Å²) in [6.07, 6.45) is 0. The number of aromatic nitrogens is 2. The number of benzene rings is 9. The maximum Gasteiger partial charge on any atom is 0.160 e. The summed E-state index contributed by atoms with van der Waals surface area (Å²) in [6, 6.07) is 74.0. The minimum absolute atomic E-state index is 0.697. The highest BCUT2D eigenvalue weighted by atomic mass is 32.1. The van der Waals surface area contributed by atoms with E-state index in [1.807, 2.05) is 17.4 Å². The lowest BCUT2D eigenvalue weighted by atomic mass is 9.91. The van der Waals surface area contributed by atoms with E-state index < -0.39 is 0 Å². The Labute approximate surface area is 335 Å². The van der Waals surface area contributed by atoms with Crippen LogP contribution in [0.2, 0.25) is 0 Å². The van der Waals surface area contributed by atoms with E-state index in [9.17, 15) is 0 Å². The summed E-state index contributed by atoms with van der Waals surface area (Å²) < 4.78 is 2.59. The van der Waals surface area contributed by atoms with Gasteiger partial charge < -0.3 is 0 Å². The van der Waals surface area contributed by atoms with Gasteiger partial charge in [-0.2, -0.15) is 0 Å². The summed E-state index contributed by atoms with van der Waals surface area (Å²) in [5, 5.41) is 7.37. The van der Waals surface area contributed by atoms with E-state index >= 15 is 0 Å². The Morgan fingerprint density at radius 2 is 0.825 bits per heavy atom. The molecule has 0 fully saturated rings. The van der Waals surface area contributed by atoms with Gasteiger partial charge in [0.2, 0.25) is 0 Å². The van der Waals surface area contributed by atoms with Crippen LogP contribution in [0.3, 0.4) is 0 Å². The van der Waals surface area contributed by atoms with Crippen molar-refractivity contribution in [1.29, 1.82) is 0 Å². The van der Waals surface area contributed by atoms with Crippen molar-refractivity contribution in [3.8, 4) is 67.3 Å². The third kappa shape index (κ3) is 5.88. The maximum atomic E-state index is 5.37. The van der Waals surface area contributed by atoms with E-state index in [1.165, 1.54) is 58.6 Å². The molecule has 2 aromatic heterocycles. The van der Waals surface area contributed by atoms with Gasteiger partial charge in [0, 0.05) is 36.9 Å². The highest BCUT2D eigenvalue weighted by Crippen LogP contribution is 2.43. The van der Waals surface area contributed by atoms with Crippen molar-refractivity contribution in [3.63, 3.8) is 0 Å². The highest BCUT2D eigenvalue weighted by Gasteiger charge is 2.18. The van der Waals surface area contributed by atoms with Crippen LogP contribution in [0.5, 0.6) is 0 Å². The van der Waals surface area contributed by atoms with E-state index in [0.29, 0.717) is 5.82 Å². The van der Waals surface area contributed by atoms with Crippen LogP contribution >= 0.6 is 11.3 Å². The second-order valence-corrected chi connectivity index (χ2v) is 15.6. The first-order chi connectivity index (χ1) is 28.2. The van der Waals surface area contributed by atoms with Gasteiger partial charge in [-0.3, -0.25) is 0 Å². The monoisotopic (exact) mass is 742 g/mol. The van der Waals surface area contributed by atoms with Gasteiger partial charge in [0.1, 0.15) is 0 Å². The van der Waals surface area contributed by atoms with Crippen molar-refractivity contribution >= 4 is 53.1 Å². The van der Waals surface area contributed by atoms with E-state index in [4.69, 9.17) is 9.97 Å². The number of nitrogens with zero attached hydrogens (tertiary/aromatic N) is 2. The average molecular weight is 743 g/mol. The first-order valence-corrected chi connectivity index (χ1v) is 20.1. The Morgan fingerprint density at radius 1 is 0.298 bits per heavy atom. The molecule has 0 spiro atoms. The summed E-state index contributed by atoms with van der Waals surface area (Å²) >= 11 is 1.86. The van der Waals surface area contributed by atoms with E-state index in [2.05, 4.69) is 200 Å². The molecule has 0 bridgehead atoms. The molecule has 0 saturated heterocycles. The molecule has 0 amide bonds. The zero-order valence-electron chi connectivity index (χ0n) is 30.9. The molecular formula is C54H34N2S. The highest BCUT2D eigenvalue weighted by molar-refractivity contribution is 7.26. The third-order valence-corrected chi connectivity index (χ3v) is 12.3. The van der Waals surface area contributed by atoms with E-state index in [0.717, 1.165) is 44.6 Å². The van der Waals surface area contributed by atoms with Gasteiger partial charge in [-0.25, -0.2) is 9.97 Å². The average Bonchev–Trinajstić information content (AvgIpc) is 3.68. The van der Waals surface area contributed by atoms with Crippen molar-refractivity contribution < 1.29 is 0 Å². The lowest BCUT2D eigenvalue weighted by Gasteiger charge is -2.16. The molecular weight excluding hydrogens is 709 g/mol. The maximum absolute atomic E-state index is 5.37. The molecule has 0 atom stereocenters. The molecule has 0 N–H and O–H groups in total. The predicted octanol–water partition coefficient (Wildman–Crippen LogP) is 15.2. The number of hydrogen-bond donors (Lipinski definition) is 0. The normalized spacial score (nSPS) is 11.5. The minimum Gasteiger partial charge on any atom is -0.228 e.